The summed E-state index contributed by atoms with van der Waals surface area (Å²) in [6.07, 6.45) is 3.77. The van der Waals surface area contributed by atoms with Crippen LogP contribution in [0.2, 0.25) is 0 Å². The van der Waals surface area contributed by atoms with Crippen molar-refractivity contribution in [3.63, 3.8) is 0 Å². The molecule has 0 radical (unpaired) electrons. The van der Waals surface area contributed by atoms with Crippen molar-refractivity contribution in [1.29, 1.82) is 0 Å². The molecule has 0 amide bonds. The summed E-state index contributed by atoms with van der Waals surface area (Å²) in [4.78, 5) is 8.67. The second kappa shape index (κ2) is 2.80. The van der Waals surface area contributed by atoms with Crippen molar-refractivity contribution in [2.45, 2.75) is 0 Å². The first-order valence-electron chi connectivity index (χ1n) is 3.68. The Morgan fingerprint density at radius 2 is 2.09 bits per heavy atom. The maximum atomic E-state index is 7.47. The SMILES string of the molecule is [2H]c1ncsc1-c1ccncc1. The normalized spacial score (nSPS) is 11.1. The van der Waals surface area contributed by atoms with Crippen LogP contribution in [0.4, 0.5) is 0 Å². The second-order valence-corrected chi connectivity index (χ2v) is 2.88. The Kier molecular flexibility index (Phi) is 1.38. The fraction of sp³-hybridized carbons (Fsp3) is 0. The molecule has 0 N–H and O–H groups in total. The monoisotopic (exact) mass is 163 g/mol. The highest BCUT2D eigenvalue weighted by molar-refractivity contribution is 7.13. The zero-order chi connectivity index (χ0) is 8.39. The quantitative estimate of drug-likeness (QED) is 0.644. The third-order valence-electron chi connectivity index (χ3n) is 1.33. The van der Waals surface area contributed by atoms with E-state index in [1.807, 2.05) is 12.1 Å². The van der Waals surface area contributed by atoms with Crippen LogP contribution in [0.25, 0.3) is 10.4 Å². The van der Waals surface area contributed by atoms with Gasteiger partial charge in [0.15, 0.2) is 0 Å². The minimum Gasteiger partial charge on any atom is -0.265 e. The second-order valence-electron chi connectivity index (χ2n) is 2.03. The molecule has 0 unspecified atom stereocenters. The van der Waals surface area contributed by atoms with Gasteiger partial charge in [0.25, 0.3) is 0 Å². The predicted molar refractivity (Wildman–Crippen MR) is 45.3 cm³/mol. The van der Waals surface area contributed by atoms with Gasteiger partial charge in [0, 0.05) is 18.6 Å². The third kappa shape index (κ3) is 1.28. The van der Waals surface area contributed by atoms with Gasteiger partial charge in [-0.05, 0) is 17.7 Å². The summed E-state index contributed by atoms with van der Waals surface area (Å²) in [6.45, 7) is 0. The fourth-order valence-corrected chi connectivity index (χ4v) is 1.41. The van der Waals surface area contributed by atoms with Crippen molar-refractivity contribution in [3.05, 3.63) is 36.2 Å². The van der Waals surface area contributed by atoms with Gasteiger partial charge in [0.2, 0.25) is 0 Å². The van der Waals surface area contributed by atoms with Crippen LogP contribution in [-0.4, -0.2) is 9.97 Å². The summed E-state index contributed by atoms with van der Waals surface area (Å²) >= 11 is 1.48. The number of rotatable bonds is 1. The number of hydrogen-bond donors (Lipinski definition) is 0. The molecule has 0 spiro atoms. The van der Waals surface area contributed by atoms with E-state index in [2.05, 4.69) is 9.97 Å². The highest BCUT2D eigenvalue weighted by atomic mass is 32.1. The van der Waals surface area contributed by atoms with E-state index < -0.39 is 0 Å². The first-order chi connectivity index (χ1) is 5.88. The van der Waals surface area contributed by atoms with Crippen LogP contribution in [0.15, 0.2) is 36.2 Å². The molecule has 0 bridgehead atoms. The van der Waals surface area contributed by atoms with Crippen LogP contribution in [0.5, 0.6) is 0 Å². The largest absolute Gasteiger partial charge is 0.265 e. The average Bonchev–Trinajstić information content (AvgIpc) is 2.53. The molecule has 2 rings (SSSR count). The lowest BCUT2D eigenvalue weighted by Gasteiger charge is -1.91. The fourth-order valence-electron chi connectivity index (χ4n) is 0.826. The molecule has 0 saturated carbocycles. The van der Waals surface area contributed by atoms with Gasteiger partial charge in [-0.1, -0.05) is 0 Å². The van der Waals surface area contributed by atoms with E-state index in [1.54, 1.807) is 17.9 Å². The van der Waals surface area contributed by atoms with Crippen molar-refractivity contribution >= 4 is 11.3 Å². The number of hydrogen-bond acceptors (Lipinski definition) is 3. The molecule has 2 aromatic heterocycles. The molecule has 2 heterocycles. The molecule has 2 nitrogen and oxygen atoms in total. The van der Waals surface area contributed by atoms with Crippen molar-refractivity contribution in [2.75, 3.05) is 0 Å². The van der Waals surface area contributed by atoms with E-state index in [0.29, 0.717) is 6.17 Å². The number of pyridine rings is 1. The maximum Gasteiger partial charge on any atom is 0.0856 e. The highest BCUT2D eigenvalue weighted by Gasteiger charge is 1.95. The Morgan fingerprint density at radius 1 is 1.27 bits per heavy atom. The third-order valence-corrected chi connectivity index (χ3v) is 2.11. The van der Waals surface area contributed by atoms with Gasteiger partial charge < -0.3 is 0 Å². The van der Waals surface area contributed by atoms with Crippen LogP contribution < -0.4 is 0 Å². The number of nitrogens with zero attached hydrogens (tertiary/aromatic N) is 2. The van der Waals surface area contributed by atoms with Gasteiger partial charge in [-0.3, -0.25) is 9.97 Å². The van der Waals surface area contributed by atoms with Crippen LogP contribution in [0.1, 0.15) is 1.37 Å². The minimum absolute atomic E-state index is 0.339. The molecule has 0 fully saturated rings. The first kappa shape index (κ1) is 5.43. The molecule has 0 aliphatic rings. The average molecular weight is 163 g/mol. The van der Waals surface area contributed by atoms with E-state index in [0.717, 1.165) is 10.4 Å². The van der Waals surface area contributed by atoms with Crippen molar-refractivity contribution < 1.29 is 1.37 Å². The molecule has 11 heavy (non-hydrogen) atoms. The van der Waals surface area contributed by atoms with Crippen molar-refractivity contribution in [2.24, 2.45) is 0 Å². The van der Waals surface area contributed by atoms with Gasteiger partial charge in [0.1, 0.15) is 0 Å². The molecule has 0 saturated heterocycles. The van der Waals surface area contributed by atoms with Crippen LogP contribution in [0.3, 0.4) is 0 Å². The molecule has 3 heteroatoms. The Morgan fingerprint density at radius 3 is 2.73 bits per heavy atom. The summed E-state index contributed by atoms with van der Waals surface area (Å²) in [6, 6.07) is 3.76. The van der Waals surface area contributed by atoms with E-state index in [1.165, 1.54) is 11.3 Å². The van der Waals surface area contributed by atoms with E-state index in [9.17, 15) is 0 Å². The summed E-state index contributed by atoms with van der Waals surface area (Å²) in [5.41, 5.74) is 2.69. The standard InChI is InChI=1S/C8H6N2S/c1-3-9-4-2-7(1)8-5-10-6-11-8/h1-6H/i5D. The number of aromatic nitrogens is 2. The van der Waals surface area contributed by atoms with Crippen LogP contribution in [0, 0.1) is 0 Å². The smallest absolute Gasteiger partial charge is 0.0856 e. The molecule has 2 aromatic rings. The summed E-state index contributed by atoms with van der Waals surface area (Å²) < 4.78 is 7.47. The lowest BCUT2D eigenvalue weighted by atomic mass is 10.2. The Balaban J connectivity index is 2.51. The highest BCUT2D eigenvalue weighted by Crippen LogP contribution is 2.21. The molecule has 0 aliphatic carbocycles. The van der Waals surface area contributed by atoms with E-state index >= 15 is 0 Å². The topological polar surface area (TPSA) is 25.8 Å². The number of thiazole rings is 1. The van der Waals surface area contributed by atoms with E-state index in [-0.39, 0.29) is 0 Å². The molecule has 54 valence electrons. The predicted octanol–water partition coefficient (Wildman–Crippen LogP) is 2.21. The minimum atomic E-state index is 0.339. The Bertz CT molecular complexity index is 372. The lowest BCUT2D eigenvalue weighted by molar-refractivity contribution is 1.33. The van der Waals surface area contributed by atoms with Gasteiger partial charge >= 0.3 is 0 Å². The van der Waals surface area contributed by atoms with Gasteiger partial charge in [0.05, 0.1) is 11.8 Å². The molecular weight excluding hydrogens is 156 g/mol. The van der Waals surface area contributed by atoms with E-state index in [4.69, 9.17) is 1.37 Å². The zero-order valence-corrected chi connectivity index (χ0v) is 6.51. The molecule has 0 aromatic carbocycles. The molecular formula is C8H6N2S. The van der Waals surface area contributed by atoms with Gasteiger partial charge in [-0.15, -0.1) is 11.3 Å². The van der Waals surface area contributed by atoms with Gasteiger partial charge in [-0.25, -0.2) is 0 Å². The molecule has 0 atom stereocenters. The summed E-state index contributed by atoms with van der Waals surface area (Å²) in [5, 5.41) is 0. The Labute approximate surface area is 70.0 Å². The van der Waals surface area contributed by atoms with Crippen molar-refractivity contribution in [3.8, 4) is 10.4 Å². The van der Waals surface area contributed by atoms with Crippen LogP contribution in [-0.2, 0) is 0 Å². The Hall–Kier alpha value is -1.22. The molecule has 0 aliphatic heterocycles. The van der Waals surface area contributed by atoms with Crippen molar-refractivity contribution in [1.82, 2.24) is 9.97 Å². The maximum absolute atomic E-state index is 7.47. The first-order valence-corrected chi connectivity index (χ1v) is 4.06. The van der Waals surface area contributed by atoms with Gasteiger partial charge in [-0.2, -0.15) is 0 Å². The zero-order valence-electron chi connectivity index (χ0n) is 6.69. The summed E-state index contributed by atoms with van der Waals surface area (Å²) in [7, 11) is 0. The van der Waals surface area contributed by atoms with Crippen LogP contribution >= 0.6 is 11.3 Å². The lowest BCUT2D eigenvalue weighted by Crippen LogP contribution is -1.71. The summed E-state index contributed by atoms with van der Waals surface area (Å²) in [5.74, 6) is 0.